The van der Waals surface area contributed by atoms with E-state index < -0.39 is 5.41 Å². The molecule has 0 amide bonds. The van der Waals surface area contributed by atoms with Crippen LogP contribution in [0.15, 0.2) is 12.1 Å². The maximum Gasteiger partial charge on any atom is 0.313 e. The Kier molecular flexibility index (Phi) is 3.68. The van der Waals surface area contributed by atoms with Crippen molar-refractivity contribution in [1.82, 2.24) is 0 Å². The summed E-state index contributed by atoms with van der Waals surface area (Å²) in [7, 11) is 1.45. The number of benzene rings is 1. The number of hydrogen-bond donors (Lipinski definition) is 1. The van der Waals surface area contributed by atoms with E-state index >= 15 is 0 Å². The highest BCUT2D eigenvalue weighted by Gasteiger charge is 2.50. The Morgan fingerprint density at radius 1 is 1.26 bits per heavy atom. The van der Waals surface area contributed by atoms with Gasteiger partial charge in [0.25, 0.3) is 0 Å². The molecule has 1 aliphatic rings. The highest BCUT2D eigenvalue weighted by Crippen LogP contribution is 2.50. The molecular formula is C16H23NO2. The van der Waals surface area contributed by atoms with Crippen molar-refractivity contribution < 1.29 is 9.53 Å². The van der Waals surface area contributed by atoms with Crippen molar-refractivity contribution in [3.8, 4) is 0 Å². The standard InChI is InChI=1S/C16H23NO2/c1-10-6-7-13(12(3)11(10)2)14(17)16(8-5-9-16)15(18)19-4/h6-7,14H,5,8-9,17H2,1-4H3. The normalized spacial score (nSPS) is 18.6. The first-order valence-corrected chi connectivity index (χ1v) is 6.84. The molecule has 1 saturated carbocycles. The fourth-order valence-electron chi connectivity index (χ4n) is 3.01. The Balaban J connectivity index is 2.41. The van der Waals surface area contributed by atoms with Crippen LogP contribution in [0.2, 0.25) is 0 Å². The Morgan fingerprint density at radius 3 is 2.37 bits per heavy atom. The second-order valence-corrected chi connectivity index (χ2v) is 5.70. The van der Waals surface area contributed by atoms with E-state index in [9.17, 15) is 4.79 Å². The van der Waals surface area contributed by atoms with Crippen molar-refractivity contribution in [3.05, 3.63) is 34.4 Å². The van der Waals surface area contributed by atoms with Crippen LogP contribution in [0.1, 0.15) is 47.6 Å². The second-order valence-electron chi connectivity index (χ2n) is 5.70. The summed E-state index contributed by atoms with van der Waals surface area (Å²) in [4.78, 5) is 12.1. The average molecular weight is 261 g/mol. The van der Waals surface area contributed by atoms with Crippen LogP contribution in [0.5, 0.6) is 0 Å². The first kappa shape index (κ1) is 14.1. The monoisotopic (exact) mass is 261 g/mol. The van der Waals surface area contributed by atoms with Gasteiger partial charge < -0.3 is 10.5 Å². The highest BCUT2D eigenvalue weighted by molar-refractivity contribution is 5.79. The van der Waals surface area contributed by atoms with Crippen molar-refractivity contribution in [3.63, 3.8) is 0 Å². The molecule has 19 heavy (non-hydrogen) atoms. The minimum absolute atomic E-state index is 0.163. The molecule has 1 aliphatic carbocycles. The molecule has 2 N–H and O–H groups in total. The molecule has 104 valence electrons. The molecule has 2 rings (SSSR count). The molecule has 1 aromatic carbocycles. The summed E-state index contributed by atoms with van der Waals surface area (Å²) in [6.07, 6.45) is 2.70. The number of rotatable bonds is 3. The number of methoxy groups -OCH3 is 1. The van der Waals surface area contributed by atoms with Gasteiger partial charge in [-0.15, -0.1) is 0 Å². The smallest absolute Gasteiger partial charge is 0.313 e. The summed E-state index contributed by atoms with van der Waals surface area (Å²) in [6, 6.07) is 3.87. The molecule has 0 bridgehead atoms. The lowest BCUT2D eigenvalue weighted by Gasteiger charge is -2.44. The summed E-state index contributed by atoms with van der Waals surface area (Å²) < 4.78 is 4.98. The number of carbonyl (C=O) groups is 1. The fraction of sp³-hybridized carbons (Fsp3) is 0.562. The maximum absolute atomic E-state index is 12.1. The highest BCUT2D eigenvalue weighted by atomic mass is 16.5. The van der Waals surface area contributed by atoms with E-state index in [1.54, 1.807) is 0 Å². The van der Waals surface area contributed by atoms with E-state index in [1.165, 1.54) is 23.8 Å². The van der Waals surface area contributed by atoms with E-state index in [0.29, 0.717) is 0 Å². The third kappa shape index (κ3) is 2.06. The van der Waals surface area contributed by atoms with Gasteiger partial charge in [-0.2, -0.15) is 0 Å². The molecule has 1 atom stereocenters. The Bertz CT molecular complexity index is 504. The fourth-order valence-corrected chi connectivity index (χ4v) is 3.01. The molecule has 0 saturated heterocycles. The maximum atomic E-state index is 12.1. The number of aryl methyl sites for hydroxylation is 1. The van der Waals surface area contributed by atoms with Crippen LogP contribution < -0.4 is 5.73 Å². The van der Waals surface area contributed by atoms with Crippen LogP contribution in [-0.4, -0.2) is 13.1 Å². The lowest BCUT2D eigenvalue weighted by Crippen LogP contribution is -2.47. The largest absolute Gasteiger partial charge is 0.469 e. The number of ether oxygens (including phenoxy) is 1. The number of carbonyl (C=O) groups excluding carboxylic acids is 1. The summed E-state index contributed by atoms with van der Waals surface area (Å²) in [6.45, 7) is 6.28. The minimum Gasteiger partial charge on any atom is -0.469 e. The third-order valence-electron chi connectivity index (χ3n) is 4.87. The first-order valence-electron chi connectivity index (χ1n) is 6.84. The molecule has 0 aromatic heterocycles. The van der Waals surface area contributed by atoms with Crippen molar-refractivity contribution in [2.45, 2.75) is 46.1 Å². The number of esters is 1. The molecule has 0 aliphatic heterocycles. The van der Waals surface area contributed by atoms with Gasteiger partial charge >= 0.3 is 5.97 Å². The quantitative estimate of drug-likeness (QED) is 0.851. The van der Waals surface area contributed by atoms with Crippen molar-refractivity contribution in [2.24, 2.45) is 11.1 Å². The number of hydrogen-bond acceptors (Lipinski definition) is 3. The minimum atomic E-state index is -0.513. The van der Waals surface area contributed by atoms with Crippen LogP contribution >= 0.6 is 0 Å². The first-order chi connectivity index (χ1) is 8.94. The Hall–Kier alpha value is -1.35. The van der Waals surface area contributed by atoms with Gasteiger partial charge in [-0.1, -0.05) is 18.6 Å². The van der Waals surface area contributed by atoms with E-state index in [4.69, 9.17) is 10.5 Å². The van der Waals surface area contributed by atoms with Crippen LogP contribution in [-0.2, 0) is 9.53 Å². The molecule has 3 heteroatoms. The lowest BCUT2D eigenvalue weighted by molar-refractivity contribution is -0.160. The van der Waals surface area contributed by atoms with Crippen molar-refractivity contribution >= 4 is 5.97 Å². The zero-order valence-electron chi connectivity index (χ0n) is 12.2. The summed E-state index contributed by atoms with van der Waals surface area (Å²) >= 11 is 0. The van der Waals surface area contributed by atoms with E-state index in [2.05, 4.69) is 32.9 Å². The molecule has 1 fully saturated rings. The molecular weight excluding hydrogens is 238 g/mol. The van der Waals surface area contributed by atoms with E-state index in [0.717, 1.165) is 24.8 Å². The molecule has 0 heterocycles. The van der Waals surface area contributed by atoms with Crippen molar-refractivity contribution in [2.75, 3.05) is 7.11 Å². The van der Waals surface area contributed by atoms with Crippen LogP contribution in [0.4, 0.5) is 0 Å². The van der Waals surface area contributed by atoms with Crippen LogP contribution in [0.3, 0.4) is 0 Å². The van der Waals surface area contributed by atoms with Gasteiger partial charge in [0.1, 0.15) is 0 Å². The van der Waals surface area contributed by atoms with E-state index in [1.807, 2.05) is 0 Å². The summed E-state index contributed by atoms with van der Waals surface area (Å²) in [5.41, 5.74) is 10.7. The van der Waals surface area contributed by atoms with Gasteiger partial charge in [0.2, 0.25) is 0 Å². The van der Waals surface area contributed by atoms with E-state index in [-0.39, 0.29) is 12.0 Å². The predicted octanol–water partition coefficient (Wildman–Crippen LogP) is 2.95. The zero-order chi connectivity index (χ0) is 14.2. The summed E-state index contributed by atoms with van der Waals surface area (Å²) in [5.74, 6) is -0.163. The topological polar surface area (TPSA) is 52.3 Å². The SMILES string of the molecule is COC(=O)C1(C(N)c2ccc(C)c(C)c2C)CCC1. The third-order valence-corrected chi connectivity index (χ3v) is 4.87. The molecule has 0 spiro atoms. The Labute approximate surface area is 115 Å². The van der Waals surface area contributed by atoms with Gasteiger partial charge in [0.05, 0.1) is 12.5 Å². The van der Waals surface area contributed by atoms with Gasteiger partial charge in [0, 0.05) is 6.04 Å². The molecule has 0 radical (unpaired) electrons. The van der Waals surface area contributed by atoms with Gasteiger partial charge in [0.15, 0.2) is 0 Å². The van der Waals surface area contributed by atoms with Crippen molar-refractivity contribution in [1.29, 1.82) is 0 Å². The molecule has 1 aromatic rings. The Morgan fingerprint density at radius 2 is 1.89 bits per heavy atom. The molecule has 1 unspecified atom stereocenters. The lowest BCUT2D eigenvalue weighted by atomic mass is 9.62. The number of nitrogens with two attached hydrogens (primary N) is 1. The second kappa shape index (κ2) is 4.97. The zero-order valence-corrected chi connectivity index (χ0v) is 12.2. The average Bonchev–Trinajstić information content (AvgIpc) is 2.34. The van der Waals surface area contributed by atoms with Crippen LogP contribution in [0, 0.1) is 26.2 Å². The molecule has 3 nitrogen and oxygen atoms in total. The van der Waals surface area contributed by atoms with Gasteiger partial charge in [-0.3, -0.25) is 4.79 Å². The summed E-state index contributed by atoms with van der Waals surface area (Å²) in [5, 5.41) is 0. The van der Waals surface area contributed by atoms with Gasteiger partial charge in [-0.25, -0.2) is 0 Å². The van der Waals surface area contributed by atoms with Gasteiger partial charge in [-0.05, 0) is 55.9 Å². The predicted molar refractivity (Wildman–Crippen MR) is 75.9 cm³/mol. The van der Waals surface area contributed by atoms with Crippen LogP contribution in [0.25, 0.3) is 0 Å².